The van der Waals surface area contributed by atoms with Crippen LogP contribution in [0.2, 0.25) is 0 Å². The van der Waals surface area contributed by atoms with Gasteiger partial charge in [-0.2, -0.15) is 0 Å². The SMILES string of the molecule is O=C(C1NCc2c(O)ccc(-c3cc4cc(CN5CCN(CCO)CC5)ccc4[nH]3)c21)C1NCc2c(O)ccc(-c3cc4cc(CN5CCN(CCO)CC5)ccc4[nH]3)c21. The third kappa shape index (κ3) is 7.39. The van der Waals surface area contributed by atoms with Gasteiger partial charge in [0, 0.05) is 147 Å². The Morgan fingerprint density at radius 2 is 0.967 bits per heavy atom. The Morgan fingerprint density at radius 3 is 1.38 bits per heavy atom. The van der Waals surface area contributed by atoms with E-state index in [0.717, 1.165) is 145 Å². The summed E-state index contributed by atoms with van der Waals surface area (Å²) in [5, 5.41) is 49.9. The first-order chi connectivity index (χ1) is 29.3. The number of hydrogen-bond acceptors (Lipinski definition) is 11. The molecule has 2 unspecified atom stereocenters. The second-order valence-electron chi connectivity index (χ2n) is 17.0. The number of aliphatic hydroxyl groups is 2. The molecule has 2 saturated heterocycles. The number of carbonyl (C=O) groups is 1. The Hall–Kier alpha value is -5.09. The highest BCUT2D eigenvalue weighted by Crippen LogP contribution is 2.46. The number of aromatic amines is 2. The molecule has 0 aliphatic carbocycles. The average Bonchev–Trinajstić information content (AvgIpc) is 4.08. The van der Waals surface area contributed by atoms with Crippen molar-refractivity contribution in [2.45, 2.75) is 38.3 Å². The van der Waals surface area contributed by atoms with E-state index in [1.807, 2.05) is 12.1 Å². The van der Waals surface area contributed by atoms with Gasteiger partial charge in [-0.15, -0.1) is 0 Å². The van der Waals surface area contributed by atoms with E-state index < -0.39 is 12.1 Å². The Labute approximate surface area is 349 Å². The molecule has 13 nitrogen and oxygen atoms in total. The predicted octanol–water partition coefficient (Wildman–Crippen LogP) is 4.17. The highest BCUT2D eigenvalue weighted by Gasteiger charge is 2.41. The van der Waals surface area contributed by atoms with E-state index in [-0.39, 0.29) is 30.5 Å². The smallest absolute Gasteiger partial charge is 0.175 e. The summed E-state index contributed by atoms with van der Waals surface area (Å²) in [6.45, 7) is 12.0. The number of benzene rings is 4. The summed E-state index contributed by atoms with van der Waals surface area (Å²) in [6.07, 6.45) is 0. The number of nitrogens with one attached hydrogen (secondary N) is 4. The van der Waals surface area contributed by atoms with Crippen molar-refractivity contribution in [3.05, 3.63) is 106 Å². The van der Waals surface area contributed by atoms with Crippen LogP contribution in [0.15, 0.2) is 72.8 Å². The fourth-order valence-electron chi connectivity index (χ4n) is 10.1. The van der Waals surface area contributed by atoms with E-state index in [4.69, 9.17) is 0 Å². The molecule has 60 heavy (non-hydrogen) atoms. The summed E-state index contributed by atoms with van der Waals surface area (Å²) in [5.74, 6) is 0.253. The fraction of sp³-hybridized carbons (Fsp3) is 0.383. The quantitative estimate of drug-likeness (QED) is 0.0895. The molecule has 0 radical (unpaired) electrons. The molecule has 13 heteroatoms. The first kappa shape index (κ1) is 39.1. The maximum atomic E-state index is 14.9. The van der Waals surface area contributed by atoms with Gasteiger partial charge < -0.3 is 30.4 Å². The van der Waals surface area contributed by atoms with E-state index in [2.05, 4.69) is 88.7 Å². The van der Waals surface area contributed by atoms with E-state index >= 15 is 0 Å². The molecule has 6 heterocycles. The maximum absolute atomic E-state index is 14.9. The molecule has 10 rings (SSSR count). The summed E-state index contributed by atoms with van der Waals surface area (Å²) in [7, 11) is 0. The zero-order valence-electron chi connectivity index (χ0n) is 33.9. The number of hydrogen-bond donors (Lipinski definition) is 8. The molecular formula is C47H54N8O5. The number of nitrogens with zero attached hydrogens (tertiary/aromatic N) is 4. The molecule has 0 saturated carbocycles. The van der Waals surface area contributed by atoms with Crippen LogP contribution in [0.3, 0.4) is 0 Å². The number of aromatic hydroxyl groups is 2. The molecule has 4 aliphatic rings. The normalized spacial score (nSPS) is 20.4. The Balaban J connectivity index is 0.912. The fourth-order valence-corrected chi connectivity index (χ4v) is 10.1. The van der Waals surface area contributed by atoms with Gasteiger partial charge in [-0.25, -0.2) is 0 Å². The molecule has 6 aromatic rings. The number of phenolic OH excluding ortho intramolecular Hbond substituents is 2. The van der Waals surface area contributed by atoms with Crippen LogP contribution in [0.4, 0.5) is 0 Å². The van der Waals surface area contributed by atoms with Crippen LogP contribution >= 0.6 is 0 Å². The third-order valence-electron chi connectivity index (χ3n) is 13.3. The van der Waals surface area contributed by atoms with Crippen LogP contribution in [-0.4, -0.2) is 134 Å². The van der Waals surface area contributed by atoms with E-state index in [1.165, 1.54) is 11.1 Å². The summed E-state index contributed by atoms with van der Waals surface area (Å²) < 4.78 is 0. The molecule has 2 atom stereocenters. The molecule has 4 aromatic carbocycles. The lowest BCUT2D eigenvalue weighted by atomic mass is 9.87. The topological polar surface area (TPSA) is 167 Å². The van der Waals surface area contributed by atoms with Crippen molar-refractivity contribution >= 4 is 27.6 Å². The van der Waals surface area contributed by atoms with Crippen LogP contribution < -0.4 is 10.6 Å². The third-order valence-corrected chi connectivity index (χ3v) is 13.3. The zero-order valence-corrected chi connectivity index (χ0v) is 33.9. The maximum Gasteiger partial charge on any atom is 0.175 e. The largest absolute Gasteiger partial charge is 0.508 e. The number of aliphatic hydroxyl groups excluding tert-OH is 2. The summed E-state index contributed by atoms with van der Waals surface area (Å²) in [6, 6.07) is 23.2. The van der Waals surface area contributed by atoms with Gasteiger partial charge in [0.05, 0.1) is 25.3 Å². The van der Waals surface area contributed by atoms with Crippen LogP contribution in [0, 0.1) is 0 Å². The molecule has 8 N–H and O–H groups in total. The molecule has 0 spiro atoms. The van der Waals surface area contributed by atoms with Crippen LogP contribution in [0.1, 0.15) is 45.5 Å². The molecule has 0 amide bonds. The number of ketones is 1. The standard InChI is InChI=1S/C47H54N8O5/c56-19-17-52-9-13-54(14-10-52)27-29-1-5-37-31(21-29)23-39(50-37)33-3-7-41(58)35-25-48-45(43(33)35)47(60)46-44-34(4-8-42(59)36(44)26-49-46)40-24-32-22-30(2-6-38(32)51-40)28-55-15-11-53(12-16-55)18-20-57/h1-8,21-24,45-46,48-51,56-59H,9-20,25-28H2. The molecule has 312 valence electrons. The Bertz CT molecular complexity index is 2380. The Kier molecular flexibility index (Phi) is 10.7. The lowest BCUT2D eigenvalue weighted by Crippen LogP contribution is -2.46. The minimum absolute atomic E-state index is 0.0684. The minimum atomic E-state index is -0.692. The molecule has 0 bridgehead atoms. The number of phenols is 2. The summed E-state index contributed by atoms with van der Waals surface area (Å²) in [4.78, 5) is 31.7. The lowest BCUT2D eigenvalue weighted by molar-refractivity contribution is -0.123. The number of H-pyrrole nitrogens is 2. The van der Waals surface area contributed by atoms with Crippen LogP contribution in [0.25, 0.3) is 44.3 Å². The van der Waals surface area contributed by atoms with E-state index in [1.54, 1.807) is 12.1 Å². The molecule has 4 aliphatic heterocycles. The highest BCUT2D eigenvalue weighted by molar-refractivity contribution is 5.98. The minimum Gasteiger partial charge on any atom is -0.508 e. The van der Waals surface area contributed by atoms with Gasteiger partial charge in [0.2, 0.25) is 0 Å². The molecule has 2 aromatic heterocycles. The average molecular weight is 811 g/mol. The van der Waals surface area contributed by atoms with E-state index in [9.17, 15) is 25.2 Å². The zero-order chi connectivity index (χ0) is 40.9. The van der Waals surface area contributed by atoms with E-state index in [0.29, 0.717) is 13.1 Å². The number of rotatable bonds is 12. The monoisotopic (exact) mass is 810 g/mol. The highest BCUT2D eigenvalue weighted by atomic mass is 16.3. The second kappa shape index (κ2) is 16.4. The Morgan fingerprint density at radius 1 is 0.550 bits per heavy atom. The number of aromatic nitrogens is 2. The number of β-amino-alcohol motifs (C(OH)–C–C–N with tert-alkyl or cyclic N) is 2. The van der Waals surface area contributed by atoms with Crippen molar-refractivity contribution < 1.29 is 25.2 Å². The number of fused-ring (bicyclic) bond motifs is 4. The van der Waals surface area contributed by atoms with Crippen molar-refractivity contribution in [1.29, 1.82) is 0 Å². The number of carbonyl (C=O) groups excluding carboxylic acids is 1. The van der Waals surface area contributed by atoms with Gasteiger partial charge in [-0.1, -0.05) is 12.1 Å². The van der Waals surface area contributed by atoms with Gasteiger partial charge in [-0.3, -0.25) is 35.0 Å². The van der Waals surface area contributed by atoms with Crippen molar-refractivity contribution in [2.24, 2.45) is 0 Å². The van der Waals surface area contributed by atoms with Gasteiger partial charge >= 0.3 is 0 Å². The van der Waals surface area contributed by atoms with Gasteiger partial charge in [-0.05, 0) is 82.9 Å². The van der Waals surface area contributed by atoms with Gasteiger partial charge in [0.25, 0.3) is 0 Å². The van der Waals surface area contributed by atoms with Crippen LogP contribution in [0.5, 0.6) is 11.5 Å². The molecular weight excluding hydrogens is 757 g/mol. The first-order valence-electron chi connectivity index (χ1n) is 21.4. The predicted molar refractivity (Wildman–Crippen MR) is 233 cm³/mol. The van der Waals surface area contributed by atoms with Crippen LogP contribution in [-0.2, 0) is 31.0 Å². The second-order valence-corrected chi connectivity index (χ2v) is 17.0. The summed E-state index contributed by atoms with van der Waals surface area (Å²) in [5.41, 5.74) is 11.0. The number of piperazine rings is 2. The first-order valence-corrected chi connectivity index (χ1v) is 21.4. The van der Waals surface area contributed by atoms with Crippen molar-refractivity contribution in [3.8, 4) is 34.0 Å². The van der Waals surface area contributed by atoms with Crippen molar-refractivity contribution in [1.82, 2.24) is 40.2 Å². The number of Topliss-reactive ketones (excluding diaryl/α,β-unsaturated/α-hetero) is 1. The van der Waals surface area contributed by atoms with Crippen molar-refractivity contribution in [2.75, 3.05) is 78.7 Å². The van der Waals surface area contributed by atoms with Gasteiger partial charge in [0.15, 0.2) is 5.78 Å². The molecule has 2 fully saturated rings. The van der Waals surface area contributed by atoms with Crippen molar-refractivity contribution in [3.63, 3.8) is 0 Å². The van der Waals surface area contributed by atoms with Gasteiger partial charge in [0.1, 0.15) is 11.5 Å². The lowest BCUT2D eigenvalue weighted by Gasteiger charge is -2.34. The summed E-state index contributed by atoms with van der Waals surface area (Å²) >= 11 is 0.